The Labute approximate surface area is 153 Å². The number of Topliss-reactive ketones (excluding diaryl/α,β-unsaturated/α-hetero) is 1. The second kappa shape index (κ2) is 5.90. The van der Waals surface area contributed by atoms with Gasteiger partial charge in [-0.25, -0.2) is 13.5 Å². The molecule has 1 aromatic carbocycles. The van der Waals surface area contributed by atoms with Gasteiger partial charge in [0.25, 0.3) is 0 Å². The summed E-state index contributed by atoms with van der Waals surface area (Å²) in [7, 11) is 0. The van der Waals surface area contributed by atoms with Crippen molar-refractivity contribution in [3.8, 4) is 0 Å². The minimum atomic E-state index is -0.681. The highest BCUT2D eigenvalue weighted by molar-refractivity contribution is 7.98. The molecule has 2 heterocycles. The molecule has 1 aromatic heterocycles. The topological polar surface area (TPSA) is 59.8 Å². The lowest BCUT2D eigenvalue weighted by Gasteiger charge is -2.40. The number of rotatable bonds is 2. The molecule has 0 bridgehead atoms. The fraction of sp³-hybridized carbons (Fsp3) is 0.389. The third-order valence-corrected chi connectivity index (χ3v) is 5.25. The van der Waals surface area contributed by atoms with E-state index in [1.54, 1.807) is 4.68 Å². The third kappa shape index (κ3) is 2.82. The summed E-state index contributed by atoms with van der Waals surface area (Å²) in [5.41, 5.74) is 0.790. The minimum Gasteiger partial charge on any atom is -0.328 e. The van der Waals surface area contributed by atoms with Crippen LogP contribution in [0.5, 0.6) is 0 Å². The van der Waals surface area contributed by atoms with Crippen LogP contribution >= 0.6 is 11.8 Å². The molecule has 0 spiro atoms. The number of carbonyl (C=O) groups excluding carboxylic acids is 1. The third-order valence-electron chi connectivity index (χ3n) is 4.71. The quantitative estimate of drug-likeness (QED) is 0.808. The second-order valence-corrected chi connectivity index (χ2v) is 8.12. The lowest BCUT2D eigenvalue weighted by molar-refractivity contribution is -0.125. The van der Waals surface area contributed by atoms with E-state index in [-0.39, 0.29) is 11.2 Å². The fourth-order valence-corrected chi connectivity index (χ4v) is 4.12. The van der Waals surface area contributed by atoms with Gasteiger partial charge in [-0.1, -0.05) is 31.7 Å². The van der Waals surface area contributed by atoms with E-state index in [2.05, 4.69) is 15.4 Å². The lowest BCUT2D eigenvalue weighted by Crippen LogP contribution is -2.42. The average molecular weight is 376 g/mol. The number of anilines is 1. The van der Waals surface area contributed by atoms with Crippen LogP contribution in [0.4, 0.5) is 14.7 Å². The van der Waals surface area contributed by atoms with Crippen molar-refractivity contribution >= 4 is 23.5 Å². The van der Waals surface area contributed by atoms with E-state index in [0.717, 1.165) is 6.07 Å². The van der Waals surface area contributed by atoms with Crippen molar-refractivity contribution in [1.82, 2.24) is 14.8 Å². The number of allylic oxidation sites excluding steroid dienone is 2. The predicted octanol–water partition coefficient (Wildman–Crippen LogP) is 3.79. The van der Waals surface area contributed by atoms with Gasteiger partial charge in [-0.05, 0) is 29.4 Å². The first-order chi connectivity index (χ1) is 12.3. The summed E-state index contributed by atoms with van der Waals surface area (Å²) < 4.78 is 29.3. The first-order valence-corrected chi connectivity index (χ1v) is 9.49. The summed E-state index contributed by atoms with van der Waals surface area (Å²) >= 11 is 1.36. The van der Waals surface area contributed by atoms with Gasteiger partial charge in [0.2, 0.25) is 11.1 Å². The van der Waals surface area contributed by atoms with E-state index < -0.39 is 23.6 Å². The van der Waals surface area contributed by atoms with Crippen LogP contribution in [-0.4, -0.2) is 26.8 Å². The van der Waals surface area contributed by atoms with E-state index in [9.17, 15) is 13.6 Å². The van der Waals surface area contributed by atoms with Crippen molar-refractivity contribution < 1.29 is 13.6 Å². The minimum absolute atomic E-state index is 0.0153. The van der Waals surface area contributed by atoms with Gasteiger partial charge in [-0.2, -0.15) is 4.98 Å². The molecule has 136 valence electrons. The molecule has 2 atom stereocenters. The first-order valence-electron chi connectivity index (χ1n) is 8.26. The van der Waals surface area contributed by atoms with E-state index in [1.807, 2.05) is 26.2 Å². The highest BCUT2D eigenvalue weighted by Crippen LogP contribution is 2.45. The number of fused-ring (bicyclic) bond motifs is 2. The van der Waals surface area contributed by atoms with Gasteiger partial charge in [0.1, 0.15) is 17.4 Å². The molecule has 0 radical (unpaired) electrons. The number of thioether (sulfide) groups is 1. The van der Waals surface area contributed by atoms with Crippen molar-refractivity contribution in [2.24, 2.45) is 11.3 Å². The van der Waals surface area contributed by atoms with Crippen molar-refractivity contribution in [3.63, 3.8) is 0 Å². The molecule has 0 saturated heterocycles. The van der Waals surface area contributed by atoms with Crippen molar-refractivity contribution in [3.05, 3.63) is 47.2 Å². The van der Waals surface area contributed by atoms with Crippen LogP contribution in [0.25, 0.3) is 0 Å². The molecule has 4 rings (SSSR count). The smallest absolute Gasteiger partial charge is 0.227 e. The number of nitrogens with one attached hydrogen (secondary N) is 1. The number of benzene rings is 1. The summed E-state index contributed by atoms with van der Waals surface area (Å²) in [4.78, 5) is 17.4. The molecule has 0 fully saturated rings. The van der Waals surface area contributed by atoms with Crippen LogP contribution in [0, 0.1) is 23.0 Å². The number of hydrogen-bond donors (Lipinski definition) is 1. The molecular weight excluding hydrogens is 358 g/mol. The maximum Gasteiger partial charge on any atom is 0.227 e. The number of nitrogens with zero attached hydrogens (tertiary/aromatic N) is 3. The standard InChI is InChI=1S/C18H18F2N4OS/c1-18(2)7-12-14(13(25)8-18)15(9-4-10(19)6-11(20)5-9)24-16(21-12)22-17(23-24)26-3/h4-7,14-15H,8H2,1-3H3,(H,21,22,23)/t14-,15-/m1/s1. The van der Waals surface area contributed by atoms with Gasteiger partial charge in [0, 0.05) is 18.2 Å². The molecule has 2 aromatic rings. The van der Waals surface area contributed by atoms with Gasteiger partial charge in [0.15, 0.2) is 0 Å². The normalized spacial score (nSPS) is 23.7. The van der Waals surface area contributed by atoms with Crippen LogP contribution in [0.2, 0.25) is 0 Å². The second-order valence-electron chi connectivity index (χ2n) is 7.35. The Hall–Kier alpha value is -2.22. The summed E-state index contributed by atoms with van der Waals surface area (Å²) in [6, 6.07) is 2.70. The highest BCUT2D eigenvalue weighted by Gasteiger charge is 2.45. The predicted molar refractivity (Wildman–Crippen MR) is 94.9 cm³/mol. The Morgan fingerprint density at radius 3 is 2.62 bits per heavy atom. The zero-order valence-corrected chi connectivity index (χ0v) is 15.4. The Morgan fingerprint density at radius 1 is 1.27 bits per heavy atom. The van der Waals surface area contributed by atoms with Crippen LogP contribution in [-0.2, 0) is 4.79 Å². The lowest BCUT2D eigenvalue weighted by atomic mass is 9.72. The molecule has 5 nitrogen and oxygen atoms in total. The summed E-state index contributed by atoms with van der Waals surface area (Å²) in [5, 5.41) is 8.16. The molecule has 8 heteroatoms. The summed E-state index contributed by atoms with van der Waals surface area (Å²) in [5.74, 6) is -1.45. The molecular formula is C18H18F2N4OS. The SMILES string of the molecule is CSc1nc2n(n1)[C@H](c1cc(F)cc(F)c1)[C@H]1C(=O)CC(C)(C)C=C1N2. The van der Waals surface area contributed by atoms with Crippen molar-refractivity contribution in [1.29, 1.82) is 0 Å². The number of aromatic nitrogens is 3. The molecule has 1 aliphatic carbocycles. The van der Waals surface area contributed by atoms with E-state index in [1.165, 1.54) is 23.9 Å². The van der Waals surface area contributed by atoms with Gasteiger partial charge in [-0.15, -0.1) is 5.10 Å². The van der Waals surface area contributed by atoms with Gasteiger partial charge in [-0.3, -0.25) is 4.79 Å². The molecule has 26 heavy (non-hydrogen) atoms. The Bertz CT molecular complexity index is 917. The van der Waals surface area contributed by atoms with Crippen molar-refractivity contribution in [2.75, 3.05) is 11.6 Å². The Balaban J connectivity index is 1.94. The van der Waals surface area contributed by atoms with Gasteiger partial charge in [0.05, 0.1) is 12.0 Å². The van der Waals surface area contributed by atoms with Crippen LogP contribution in [0.15, 0.2) is 35.1 Å². The number of hydrogen-bond acceptors (Lipinski definition) is 5. The monoisotopic (exact) mass is 376 g/mol. The maximum atomic E-state index is 13.9. The highest BCUT2D eigenvalue weighted by atomic mass is 32.2. The number of ketones is 1. The van der Waals surface area contributed by atoms with Crippen LogP contribution in [0.3, 0.4) is 0 Å². The van der Waals surface area contributed by atoms with Crippen molar-refractivity contribution in [2.45, 2.75) is 31.5 Å². The first kappa shape index (κ1) is 17.2. The molecule has 0 amide bonds. The van der Waals surface area contributed by atoms with E-state index in [0.29, 0.717) is 28.8 Å². The van der Waals surface area contributed by atoms with Gasteiger partial charge >= 0.3 is 0 Å². The van der Waals surface area contributed by atoms with Crippen LogP contribution in [0.1, 0.15) is 31.9 Å². The van der Waals surface area contributed by atoms with Gasteiger partial charge < -0.3 is 5.32 Å². The zero-order chi connectivity index (χ0) is 18.6. The summed E-state index contributed by atoms with van der Waals surface area (Å²) in [6.45, 7) is 3.97. The summed E-state index contributed by atoms with van der Waals surface area (Å²) in [6.07, 6.45) is 4.22. The Morgan fingerprint density at radius 2 is 1.96 bits per heavy atom. The Kier molecular flexibility index (Phi) is 3.91. The van der Waals surface area contributed by atoms with Crippen LogP contribution < -0.4 is 5.32 Å². The molecule has 1 aliphatic heterocycles. The average Bonchev–Trinajstić information content (AvgIpc) is 2.93. The molecule has 0 unspecified atom stereocenters. The molecule has 0 saturated carbocycles. The largest absolute Gasteiger partial charge is 0.328 e. The van der Waals surface area contributed by atoms with E-state index >= 15 is 0 Å². The van der Waals surface area contributed by atoms with E-state index in [4.69, 9.17) is 0 Å². The fourth-order valence-electron chi connectivity index (χ4n) is 3.77. The zero-order valence-electron chi connectivity index (χ0n) is 14.6. The molecule has 1 N–H and O–H groups in total. The number of carbonyl (C=O) groups is 1. The number of halogens is 2. The molecule has 2 aliphatic rings. The maximum absolute atomic E-state index is 13.9.